The summed E-state index contributed by atoms with van der Waals surface area (Å²) >= 11 is 3.31. The topological polar surface area (TPSA) is 63.7 Å². The molecule has 1 aliphatic rings. The Morgan fingerprint density at radius 3 is 2.27 bits per heavy atom. The molecule has 0 saturated carbocycles. The fourth-order valence-electron chi connectivity index (χ4n) is 2.77. The number of nitrogens with zero attached hydrogens (tertiary/aromatic N) is 1. The van der Waals surface area contributed by atoms with Crippen LogP contribution in [0.2, 0.25) is 0 Å². The largest absolute Gasteiger partial charge is 0.454 e. The van der Waals surface area contributed by atoms with Gasteiger partial charge >= 0.3 is 5.97 Å². The first-order chi connectivity index (χ1) is 12.5. The van der Waals surface area contributed by atoms with E-state index in [-0.39, 0.29) is 18.3 Å². The number of hydrogen-bond acceptors (Lipinski definition) is 4. The van der Waals surface area contributed by atoms with E-state index in [1.807, 2.05) is 4.90 Å². The first-order valence-electron chi connectivity index (χ1n) is 8.35. The fourth-order valence-corrected chi connectivity index (χ4v) is 3.04. The minimum Gasteiger partial charge on any atom is -0.454 e. The van der Waals surface area contributed by atoms with E-state index >= 15 is 0 Å². The molecule has 1 saturated heterocycles. The van der Waals surface area contributed by atoms with E-state index in [2.05, 4.69) is 15.9 Å². The Kier molecular flexibility index (Phi) is 5.83. The van der Waals surface area contributed by atoms with Crippen LogP contribution in [0.3, 0.4) is 0 Å². The molecule has 0 aromatic heterocycles. The summed E-state index contributed by atoms with van der Waals surface area (Å²) < 4.78 is 5.98. The molecule has 0 N–H and O–H groups in total. The number of halogens is 1. The van der Waals surface area contributed by atoms with Crippen molar-refractivity contribution >= 4 is 33.6 Å². The summed E-state index contributed by atoms with van der Waals surface area (Å²) in [6, 6.07) is 13.8. The van der Waals surface area contributed by atoms with Crippen LogP contribution < -0.4 is 0 Å². The number of benzene rings is 2. The Morgan fingerprint density at radius 1 is 1.00 bits per heavy atom. The van der Waals surface area contributed by atoms with Crippen molar-refractivity contribution in [2.45, 2.75) is 19.4 Å². The monoisotopic (exact) mass is 415 g/mol. The fraction of sp³-hybridized carbons (Fsp3) is 0.250. The van der Waals surface area contributed by atoms with Crippen LogP contribution in [0.4, 0.5) is 0 Å². The Bertz CT molecular complexity index is 815. The maximum atomic E-state index is 12.1. The van der Waals surface area contributed by atoms with E-state index in [9.17, 15) is 14.4 Å². The predicted octanol–water partition coefficient (Wildman–Crippen LogP) is 3.61. The van der Waals surface area contributed by atoms with E-state index in [1.54, 1.807) is 48.5 Å². The third kappa shape index (κ3) is 4.58. The molecule has 0 spiro atoms. The highest BCUT2D eigenvalue weighted by atomic mass is 79.9. The second kappa shape index (κ2) is 8.27. The summed E-state index contributed by atoms with van der Waals surface area (Å²) in [5, 5.41) is 0. The molecule has 26 heavy (non-hydrogen) atoms. The van der Waals surface area contributed by atoms with Crippen molar-refractivity contribution in [2.75, 3.05) is 13.2 Å². The van der Waals surface area contributed by atoms with Crippen molar-refractivity contribution < 1.29 is 19.1 Å². The molecule has 1 amide bonds. The van der Waals surface area contributed by atoms with Gasteiger partial charge in [0.1, 0.15) is 0 Å². The van der Waals surface area contributed by atoms with Crippen LogP contribution in [0.1, 0.15) is 39.1 Å². The minimum absolute atomic E-state index is 0.167. The summed E-state index contributed by atoms with van der Waals surface area (Å²) in [4.78, 5) is 37.6. The van der Waals surface area contributed by atoms with Gasteiger partial charge in [0, 0.05) is 29.5 Å². The lowest BCUT2D eigenvalue weighted by atomic mass is 10.1. The highest BCUT2D eigenvalue weighted by Gasteiger charge is 2.20. The van der Waals surface area contributed by atoms with Gasteiger partial charge in [-0.3, -0.25) is 9.59 Å². The lowest BCUT2D eigenvalue weighted by Crippen LogP contribution is -2.23. The lowest BCUT2D eigenvalue weighted by molar-refractivity contribution is -0.128. The zero-order valence-corrected chi connectivity index (χ0v) is 15.7. The molecule has 5 nitrogen and oxygen atoms in total. The molecule has 2 aromatic carbocycles. The van der Waals surface area contributed by atoms with E-state index in [0.29, 0.717) is 24.1 Å². The molecule has 0 unspecified atom stereocenters. The van der Waals surface area contributed by atoms with E-state index in [0.717, 1.165) is 23.0 Å². The zero-order chi connectivity index (χ0) is 18.5. The summed E-state index contributed by atoms with van der Waals surface area (Å²) in [7, 11) is 0. The van der Waals surface area contributed by atoms with Crippen LogP contribution in [0.25, 0.3) is 0 Å². The Labute approximate surface area is 160 Å². The molecule has 0 bridgehead atoms. The van der Waals surface area contributed by atoms with Gasteiger partial charge in [-0.2, -0.15) is 0 Å². The van der Waals surface area contributed by atoms with Gasteiger partial charge in [-0.05, 0) is 36.2 Å². The molecular formula is C20H18BrNO4. The SMILES string of the molecule is O=C(COC(=O)c1ccc(CN2CCCC2=O)cc1)c1ccc(Br)cc1. The second-order valence-corrected chi connectivity index (χ2v) is 7.04. The van der Waals surface area contributed by atoms with Crippen molar-refractivity contribution in [3.05, 3.63) is 69.7 Å². The summed E-state index contributed by atoms with van der Waals surface area (Å²) in [6.07, 6.45) is 1.51. The Morgan fingerprint density at radius 2 is 1.65 bits per heavy atom. The number of ketones is 1. The third-order valence-corrected chi connectivity index (χ3v) is 4.76. The summed E-state index contributed by atoms with van der Waals surface area (Å²) in [5.41, 5.74) is 1.83. The number of rotatable bonds is 6. The van der Waals surface area contributed by atoms with Crippen LogP contribution in [-0.4, -0.2) is 35.7 Å². The number of carbonyl (C=O) groups is 3. The van der Waals surface area contributed by atoms with Crippen molar-refractivity contribution in [3.8, 4) is 0 Å². The quantitative estimate of drug-likeness (QED) is 0.533. The number of ether oxygens (including phenoxy) is 1. The minimum atomic E-state index is -0.542. The Balaban J connectivity index is 1.53. The van der Waals surface area contributed by atoms with Gasteiger partial charge in [-0.15, -0.1) is 0 Å². The van der Waals surface area contributed by atoms with Gasteiger partial charge in [-0.1, -0.05) is 40.2 Å². The third-order valence-electron chi connectivity index (χ3n) is 4.24. The number of amides is 1. The van der Waals surface area contributed by atoms with Gasteiger partial charge in [0.25, 0.3) is 0 Å². The first-order valence-corrected chi connectivity index (χ1v) is 9.15. The van der Waals surface area contributed by atoms with Crippen LogP contribution in [-0.2, 0) is 16.1 Å². The van der Waals surface area contributed by atoms with E-state index in [4.69, 9.17) is 4.74 Å². The molecule has 0 aliphatic carbocycles. The van der Waals surface area contributed by atoms with Crippen molar-refractivity contribution in [1.82, 2.24) is 4.90 Å². The van der Waals surface area contributed by atoms with Crippen molar-refractivity contribution in [3.63, 3.8) is 0 Å². The number of likely N-dealkylation sites (tertiary alicyclic amines) is 1. The van der Waals surface area contributed by atoms with Gasteiger partial charge in [0.15, 0.2) is 12.4 Å². The average molecular weight is 416 g/mol. The van der Waals surface area contributed by atoms with Crippen molar-refractivity contribution in [2.24, 2.45) is 0 Å². The van der Waals surface area contributed by atoms with Crippen LogP contribution in [0.15, 0.2) is 53.0 Å². The summed E-state index contributed by atoms with van der Waals surface area (Å²) in [5.74, 6) is -0.630. The smallest absolute Gasteiger partial charge is 0.338 e. The maximum Gasteiger partial charge on any atom is 0.338 e. The number of Topliss-reactive ketones (excluding diaryl/α,β-unsaturated/α-hetero) is 1. The first kappa shape index (κ1) is 18.3. The highest BCUT2D eigenvalue weighted by molar-refractivity contribution is 9.10. The molecule has 2 aromatic rings. The van der Waals surface area contributed by atoms with Crippen LogP contribution >= 0.6 is 15.9 Å². The van der Waals surface area contributed by atoms with Gasteiger partial charge in [0.2, 0.25) is 5.91 Å². The highest BCUT2D eigenvalue weighted by Crippen LogP contribution is 2.15. The molecular weight excluding hydrogens is 398 g/mol. The second-order valence-electron chi connectivity index (χ2n) is 6.12. The molecule has 134 valence electrons. The van der Waals surface area contributed by atoms with Gasteiger partial charge < -0.3 is 9.64 Å². The molecule has 6 heteroatoms. The number of esters is 1. The van der Waals surface area contributed by atoms with Crippen molar-refractivity contribution in [1.29, 1.82) is 0 Å². The number of carbonyl (C=O) groups excluding carboxylic acids is 3. The number of hydrogen-bond donors (Lipinski definition) is 0. The molecule has 0 atom stereocenters. The van der Waals surface area contributed by atoms with Crippen LogP contribution in [0, 0.1) is 0 Å². The zero-order valence-electron chi connectivity index (χ0n) is 14.1. The predicted molar refractivity (Wildman–Crippen MR) is 99.8 cm³/mol. The lowest BCUT2D eigenvalue weighted by Gasteiger charge is -2.15. The standard InChI is InChI=1S/C20H18BrNO4/c21-17-9-7-15(8-10-17)18(23)13-26-20(25)16-5-3-14(4-6-16)12-22-11-1-2-19(22)24/h3-10H,1-2,11-13H2. The Hall–Kier alpha value is -2.47. The normalized spacial score (nSPS) is 13.7. The molecule has 1 aliphatic heterocycles. The van der Waals surface area contributed by atoms with Crippen LogP contribution in [0.5, 0.6) is 0 Å². The van der Waals surface area contributed by atoms with E-state index < -0.39 is 5.97 Å². The maximum absolute atomic E-state index is 12.1. The average Bonchev–Trinajstić information content (AvgIpc) is 3.05. The molecule has 0 radical (unpaired) electrons. The van der Waals surface area contributed by atoms with Gasteiger partial charge in [0.05, 0.1) is 5.56 Å². The molecule has 1 fully saturated rings. The molecule has 1 heterocycles. The van der Waals surface area contributed by atoms with E-state index in [1.165, 1.54) is 0 Å². The van der Waals surface area contributed by atoms with Gasteiger partial charge in [-0.25, -0.2) is 4.79 Å². The summed E-state index contributed by atoms with van der Waals surface area (Å²) in [6.45, 7) is 1.03. The molecule has 3 rings (SSSR count).